The minimum absolute atomic E-state index is 0.167. The number of rotatable bonds is 3. The summed E-state index contributed by atoms with van der Waals surface area (Å²) in [6.45, 7) is 3.33. The maximum atomic E-state index is 13.0. The summed E-state index contributed by atoms with van der Waals surface area (Å²) >= 11 is 6.19. The molecule has 0 bridgehead atoms. The van der Waals surface area contributed by atoms with Gasteiger partial charge in [0.1, 0.15) is 17.4 Å². The fraction of sp³-hybridized carbons (Fsp3) is 0.308. The maximum Gasteiger partial charge on any atom is 0.419 e. The molecule has 1 unspecified atom stereocenters. The molecule has 4 rings (SSSR count). The highest BCUT2D eigenvalue weighted by molar-refractivity contribution is 6.31. The summed E-state index contributed by atoms with van der Waals surface area (Å²) in [7, 11) is 1.52. The van der Waals surface area contributed by atoms with Gasteiger partial charge in [-0.05, 0) is 56.2 Å². The van der Waals surface area contributed by atoms with Crippen molar-refractivity contribution in [2.45, 2.75) is 44.9 Å². The number of carbonyl (C=O) groups is 4. The van der Waals surface area contributed by atoms with Gasteiger partial charge < -0.3 is 14.7 Å². The minimum Gasteiger partial charge on any atom is -0.410 e. The summed E-state index contributed by atoms with van der Waals surface area (Å²) in [5.41, 5.74) is 0.732. The number of carbonyl (C=O) groups excluding carboxylic acids is 4. The fourth-order valence-electron chi connectivity index (χ4n) is 3.91. The molecule has 0 radical (unpaired) electrons. The lowest BCUT2D eigenvalue weighted by Crippen LogP contribution is -2.52. The Labute approximate surface area is 213 Å². The van der Waals surface area contributed by atoms with Gasteiger partial charge in [-0.25, -0.2) is 4.79 Å². The van der Waals surface area contributed by atoms with Gasteiger partial charge in [0.2, 0.25) is 11.8 Å². The molecule has 186 valence electrons. The number of halogens is 1. The van der Waals surface area contributed by atoms with Crippen molar-refractivity contribution in [2.24, 2.45) is 0 Å². The molecule has 2 aliphatic rings. The summed E-state index contributed by atoms with van der Waals surface area (Å²) in [5.74, 6) is 4.45. The predicted molar refractivity (Wildman–Crippen MR) is 132 cm³/mol. The van der Waals surface area contributed by atoms with E-state index in [1.807, 2.05) is 0 Å². The highest BCUT2D eigenvalue weighted by Crippen LogP contribution is 2.31. The van der Waals surface area contributed by atoms with Crippen LogP contribution in [0.1, 0.15) is 48.2 Å². The van der Waals surface area contributed by atoms with Crippen molar-refractivity contribution in [3.63, 3.8) is 0 Å². The highest BCUT2D eigenvalue weighted by Gasteiger charge is 2.39. The summed E-state index contributed by atoms with van der Waals surface area (Å²) in [6.07, 6.45) is -0.270. The summed E-state index contributed by atoms with van der Waals surface area (Å²) < 4.78 is 5.49. The first kappa shape index (κ1) is 25.2. The number of nitrogens with one attached hydrogen (secondary N) is 1. The molecule has 36 heavy (non-hydrogen) atoms. The Morgan fingerprint density at radius 2 is 1.97 bits per heavy atom. The van der Waals surface area contributed by atoms with Crippen molar-refractivity contribution < 1.29 is 29.0 Å². The van der Waals surface area contributed by atoms with Crippen LogP contribution < -0.4 is 15.0 Å². The number of nitrogens with zero attached hydrogens (tertiary/aromatic N) is 2. The summed E-state index contributed by atoms with van der Waals surface area (Å²) in [4.78, 5) is 52.1. The zero-order valence-corrected chi connectivity index (χ0v) is 20.7. The molecule has 2 heterocycles. The average Bonchev–Trinajstić information content (AvgIpc) is 3.13. The number of hydrogen-bond donors (Lipinski definition) is 2. The van der Waals surface area contributed by atoms with Gasteiger partial charge >= 0.3 is 6.09 Å². The van der Waals surface area contributed by atoms with E-state index >= 15 is 0 Å². The van der Waals surface area contributed by atoms with Crippen LogP contribution in [-0.2, 0) is 16.1 Å². The van der Waals surface area contributed by atoms with E-state index < -0.39 is 23.6 Å². The number of aliphatic hydroxyl groups is 1. The topological polar surface area (TPSA) is 116 Å². The average molecular weight is 510 g/mol. The quantitative estimate of drug-likeness (QED) is 0.485. The smallest absolute Gasteiger partial charge is 0.410 e. The second-order valence-electron chi connectivity index (χ2n) is 9.12. The standard InChI is InChI=1S/C26H24ClN3O6/c1-26(2,35)11-10-15-12-17(5-7-20(15)27)29(3)25(34)36-18-6-4-16-14-30(24(33)19(16)13-18)21-8-9-22(31)28-23(21)32/h4-7,12-13,21,35H,8-9,14H2,1-3H3,(H,28,31,32). The molecular weight excluding hydrogens is 486 g/mol. The van der Waals surface area contributed by atoms with E-state index in [2.05, 4.69) is 17.2 Å². The molecular formula is C26H24ClN3O6. The summed E-state index contributed by atoms with van der Waals surface area (Å²) in [5, 5.41) is 12.5. The molecule has 9 nitrogen and oxygen atoms in total. The third kappa shape index (κ3) is 5.35. The molecule has 0 saturated carbocycles. The summed E-state index contributed by atoms with van der Waals surface area (Å²) in [6, 6.07) is 8.82. The van der Waals surface area contributed by atoms with Gasteiger partial charge in [0.05, 0.1) is 5.02 Å². The van der Waals surface area contributed by atoms with Crippen LogP contribution in [-0.4, -0.2) is 52.5 Å². The van der Waals surface area contributed by atoms with Crippen molar-refractivity contribution in [3.05, 3.63) is 58.1 Å². The highest BCUT2D eigenvalue weighted by atomic mass is 35.5. The Balaban J connectivity index is 1.48. The van der Waals surface area contributed by atoms with Crippen LogP contribution in [0.25, 0.3) is 0 Å². The number of fused-ring (bicyclic) bond motifs is 1. The van der Waals surface area contributed by atoms with E-state index in [9.17, 15) is 24.3 Å². The number of piperidine rings is 1. The van der Waals surface area contributed by atoms with Gasteiger partial charge in [-0.1, -0.05) is 29.5 Å². The number of imide groups is 1. The van der Waals surface area contributed by atoms with Crippen LogP contribution in [0, 0.1) is 11.8 Å². The van der Waals surface area contributed by atoms with Gasteiger partial charge in [0.25, 0.3) is 5.91 Å². The first-order valence-corrected chi connectivity index (χ1v) is 11.6. The minimum atomic E-state index is -1.21. The lowest BCUT2D eigenvalue weighted by atomic mass is 10.0. The molecule has 2 N–H and O–H groups in total. The number of hydrogen-bond acceptors (Lipinski definition) is 6. The Morgan fingerprint density at radius 1 is 1.22 bits per heavy atom. The van der Waals surface area contributed by atoms with Gasteiger partial charge in [-0.2, -0.15) is 0 Å². The zero-order chi connectivity index (χ0) is 26.2. The van der Waals surface area contributed by atoms with Crippen LogP contribution in [0.2, 0.25) is 5.02 Å². The molecule has 1 fully saturated rings. The van der Waals surface area contributed by atoms with Gasteiger partial charge in [-0.15, -0.1) is 0 Å². The second kappa shape index (κ2) is 9.64. The van der Waals surface area contributed by atoms with Crippen LogP contribution in [0.5, 0.6) is 5.75 Å². The van der Waals surface area contributed by atoms with Crippen molar-refractivity contribution in [3.8, 4) is 17.6 Å². The molecule has 10 heteroatoms. The number of ether oxygens (including phenoxy) is 1. The Bertz CT molecular complexity index is 1340. The predicted octanol–water partition coefficient (Wildman–Crippen LogP) is 2.86. The molecule has 2 aromatic rings. The van der Waals surface area contributed by atoms with Crippen molar-refractivity contribution in [2.75, 3.05) is 11.9 Å². The fourth-order valence-corrected chi connectivity index (χ4v) is 4.07. The van der Waals surface area contributed by atoms with Crippen molar-refractivity contribution >= 4 is 41.1 Å². The number of amides is 4. The lowest BCUT2D eigenvalue weighted by Gasteiger charge is -2.29. The van der Waals surface area contributed by atoms with Gasteiger partial charge in [-0.3, -0.25) is 24.6 Å². The van der Waals surface area contributed by atoms with Crippen LogP contribution in [0.15, 0.2) is 36.4 Å². The van der Waals surface area contributed by atoms with Crippen molar-refractivity contribution in [1.82, 2.24) is 10.2 Å². The first-order chi connectivity index (χ1) is 16.9. The van der Waals surface area contributed by atoms with Gasteiger partial charge in [0, 0.05) is 36.8 Å². The number of benzene rings is 2. The van der Waals surface area contributed by atoms with E-state index in [-0.39, 0.29) is 37.0 Å². The zero-order valence-electron chi connectivity index (χ0n) is 19.9. The third-order valence-electron chi connectivity index (χ3n) is 5.82. The van der Waals surface area contributed by atoms with Crippen LogP contribution in [0.3, 0.4) is 0 Å². The van der Waals surface area contributed by atoms with E-state index in [1.54, 1.807) is 44.2 Å². The van der Waals surface area contributed by atoms with Crippen molar-refractivity contribution in [1.29, 1.82) is 0 Å². The molecule has 1 saturated heterocycles. The maximum absolute atomic E-state index is 13.0. The van der Waals surface area contributed by atoms with E-state index in [1.165, 1.54) is 22.9 Å². The van der Waals surface area contributed by atoms with Crippen LogP contribution in [0.4, 0.5) is 10.5 Å². The SMILES string of the molecule is CN(C(=O)Oc1ccc2c(c1)C(=O)N(C1CCC(=O)NC1=O)C2)c1ccc(Cl)c(C#CC(C)(C)O)c1. The molecule has 1 atom stereocenters. The Hall–Kier alpha value is -3.87. The van der Waals surface area contributed by atoms with Gasteiger partial charge in [0.15, 0.2) is 0 Å². The largest absolute Gasteiger partial charge is 0.419 e. The van der Waals surface area contributed by atoms with E-state index in [0.29, 0.717) is 27.4 Å². The Morgan fingerprint density at radius 3 is 2.67 bits per heavy atom. The van der Waals surface area contributed by atoms with E-state index in [4.69, 9.17) is 16.3 Å². The number of anilines is 1. The second-order valence-corrected chi connectivity index (χ2v) is 9.53. The third-order valence-corrected chi connectivity index (χ3v) is 6.15. The molecule has 2 aromatic carbocycles. The molecule has 0 aliphatic carbocycles. The molecule has 0 aromatic heterocycles. The first-order valence-electron chi connectivity index (χ1n) is 11.2. The van der Waals surface area contributed by atoms with E-state index in [0.717, 1.165) is 0 Å². The molecule has 2 aliphatic heterocycles. The molecule has 4 amide bonds. The normalized spacial score (nSPS) is 17.2. The Kier molecular flexibility index (Phi) is 6.76. The lowest BCUT2D eigenvalue weighted by molar-refractivity contribution is -0.136. The monoisotopic (exact) mass is 509 g/mol. The molecule has 0 spiro atoms. The van der Waals surface area contributed by atoms with Crippen LogP contribution >= 0.6 is 11.6 Å².